The zero-order valence-corrected chi connectivity index (χ0v) is 10.3. The molecule has 2 rings (SSSR count). The Morgan fingerprint density at radius 1 is 1.31 bits per heavy atom. The predicted octanol–water partition coefficient (Wildman–Crippen LogP) is 3.14. The molecule has 1 aromatic carbocycles. The van der Waals surface area contributed by atoms with Gasteiger partial charge in [0.2, 0.25) is 0 Å². The first-order valence-corrected chi connectivity index (χ1v) is 6.08. The van der Waals surface area contributed by atoms with E-state index in [0.29, 0.717) is 0 Å². The SMILES string of the molecule is CNCc1cc(-c2ccccc2OC)cs1. The lowest BCUT2D eigenvalue weighted by Gasteiger charge is -2.05. The van der Waals surface area contributed by atoms with Gasteiger partial charge in [-0.1, -0.05) is 18.2 Å². The van der Waals surface area contributed by atoms with Gasteiger partial charge in [0.05, 0.1) is 7.11 Å². The van der Waals surface area contributed by atoms with Crippen molar-refractivity contribution < 1.29 is 4.74 Å². The molecule has 0 amide bonds. The second kappa shape index (κ2) is 5.14. The van der Waals surface area contributed by atoms with Gasteiger partial charge < -0.3 is 10.1 Å². The van der Waals surface area contributed by atoms with Crippen LogP contribution in [0.3, 0.4) is 0 Å². The standard InChI is InChI=1S/C13H15NOS/c1-14-8-11-7-10(9-16-11)12-5-3-4-6-13(12)15-2/h3-7,9,14H,8H2,1-2H3. The van der Waals surface area contributed by atoms with Crippen LogP contribution in [0.25, 0.3) is 11.1 Å². The van der Waals surface area contributed by atoms with Gasteiger partial charge in [0.15, 0.2) is 0 Å². The number of para-hydroxylation sites is 1. The largest absolute Gasteiger partial charge is 0.496 e. The number of methoxy groups -OCH3 is 1. The summed E-state index contributed by atoms with van der Waals surface area (Å²) < 4.78 is 5.36. The Bertz CT molecular complexity index is 464. The van der Waals surface area contributed by atoms with Gasteiger partial charge in [-0.15, -0.1) is 11.3 Å². The van der Waals surface area contributed by atoms with E-state index in [1.54, 1.807) is 18.4 Å². The van der Waals surface area contributed by atoms with Crippen molar-refractivity contribution in [3.63, 3.8) is 0 Å². The molecule has 0 saturated heterocycles. The maximum absolute atomic E-state index is 5.36. The van der Waals surface area contributed by atoms with Crippen molar-refractivity contribution in [2.24, 2.45) is 0 Å². The van der Waals surface area contributed by atoms with E-state index in [9.17, 15) is 0 Å². The van der Waals surface area contributed by atoms with Gasteiger partial charge in [-0.2, -0.15) is 0 Å². The molecular weight excluding hydrogens is 218 g/mol. The van der Waals surface area contributed by atoms with Crippen molar-refractivity contribution in [3.05, 3.63) is 40.6 Å². The van der Waals surface area contributed by atoms with E-state index in [1.165, 1.54) is 10.4 Å². The third-order valence-electron chi connectivity index (χ3n) is 2.42. The molecule has 0 aliphatic heterocycles. The van der Waals surface area contributed by atoms with Gasteiger partial charge in [-0.25, -0.2) is 0 Å². The fourth-order valence-corrected chi connectivity index (χ4v) is 2.57. The van der Waals surface area contributed by atoms with Crippen LogP contribution in [-0.2, 0) is 6.54 Å². The van der Waals surface area contributed by atoms with Crippen LogP contribution in [0, 0.1) is 0 Å². The Morgan fingerprint density at radius 2 is 2.12 bits per heavy atom. The third-order valence-corrected chi connectivity index (χ3v) is 3.36. The van der Waals surface area contributed by atoms with Gasteiger partial charge >= 0.3 is 0 Å². The molecule has 84 valence electrons. The molecule has 1 N–H and O–H groups in total. The zero-order valence-electron chi connectivity index (χ0n) is 9.49. The quantitative estimate of drug-likeness (QED) is 0.876. The predicted molar refractivity (Wildman–Crippen MR) is 69.1 cm³/mol. The smallest absolute Gasteiger partial charge is 0.126 e. The lowest BCUT2D eigenvalue weighted by molar-refractivity contribution is 0.416. The first kappa shape index (κ1) is 11.2. The molecule has 1 heterocycles. The summed E-state index contributed by atoms with van der Waals surface area (Å²) in [6.07, 6.45) is 0. The minimum Gasteiger partial charge on any atom is -0.496 e. The van der Waals surface area contributed by atoms with Crippen molar-refractivity contribution in [2.45, 2.75) is 6.54 Å². The molecule has 0 radical (unpaired) electrons. The molecule has 0 unspecified atom stereocenters. The van der Waals surface area contributed by atoms with E-state index in [1.807, 2.05) is 25.2 Å². The second-order valence-electron chi connectivity index (χ2n) is 3.53. The number of benzene rings is 1. The molecule has 0 saturated carbocycles. The topological polar surface area (TPSA) is 21.3 Å². The van der Waals surface area contributed by atoms with E-state index in [2.05, 4.69) is 22.8 Å². The number of hydrogen-bond acceptors (Lipinski definition) is 3. The Kier molecular flexibility index (Phi) is 3.59. The van der Waals surface area contributed by atoms with Crippen LogP contribution in [0.4, 0.5) is 0 Å². The maximum Gasteiger partial charge on any atom is 0.126 e. The first-order valence-electron chi connectivity index (χ1n) is 5.20. The van der Waals surface area contributed by atoms with Crippen molar-refractivity contribution in [3.8, 4) is 16.9 Å². The normalized spacial score (nSPS) is 10.4. The van der Waals surface area contributed by atoms with Crippen LogP contribution < -0.4 is 10.1 Å². The lowest BCUT2D eigenvalue weighted by atomic mass is 10.1. The number of thiophene rings is 1. The second-order valence-corrected chi connectivity index (χ2v) is 4.53. The van der Waals surface area contributed by atoms with Crippen LogP contribution in [0.5, 0.6) is 5.75 Å². The van der Waals surface area contributed by atoms with E-state index in [4.69, 9.17) is 4.74 Å². The summed E-state index contributed by atoms with van der Waals surface area (Å²) in [5, 5.41) is 5.33. The summed E-state index contributed by atoms with van der Waals surface area (Å²) in [4.78, 5) is 1.34. The van der Waals surface area contributed by atoms with Gasteiger partial charge in [0.1, 0.15) is 5.75 Å². The summed E-state index contributed by atoms with van der Waals surface area (Å²) >= 11 is 1.77. The highest BCUT2D eigenvalue weighted by atomic mass is 32.1. The van der Waals surface area contributed by atoms with E-state index < -0.39 is 0 Å². The molecule has 0 aliphatic rings. The van der Waals surface area contributed by atoms with Gasteiger partial charge in [-0.3, -0.25) is 0 Å². The molecule has 3 heteroatoms. The highest BCUT2D eigenvalue weighted by Crippen LogP contribution is 2.32. The molecule has 0 spiro atoms. The molecule has 0 fully saturated rings. The molecule has 0 bridgehead atoms. The van der Waals surface area contributed by atoms with Crippen LogP contribution in [0.2, 0.25) is 0 Å². The monoisotopic (exact) mass is 233 g/mol. The lowest BCUT2D eigenvalue weighted by Crippen LogP contribution is -2.02. The molecule has 0 atom stereocenters. The molecule has 1 aromatic heterocycles. The summed E-state index contributed by atoms with van der Waals surface area (Å²) in [5.74, 6) is 0.927. The summed E-state index contributed by atoms with van der Waals surface area (Å²) in [6, 6.07) is 10.3. The minimum absolute atomic E-state index is 0.916. The molecule has 0 aliphatic carbocycles. The summed E-state index contributed by atoms with van der Waals surface area (Å²) in [7, 11) is 3.67. The Balaban J connectivity index is 2.34. The first-order chi connectivity index (χ1) is 7.85. The molecule has 2 aromatic rings. The molecule has 16 heavy (non-hydrogen) atoms. The third kappa shape index (κ3) is 2.26. The number of rotatable bonds is 4. The van der Waals surface area contributed by atoms with E-state index in [0.717, 1.165) is 17.9 Å². The number of ether oxygens (including phenoxy) is 1. The summed E-state index contributed by atoms with van der Waals surface area (Å²) in [6.45, 7) is 0.916. The Morgan fingerprint density at radius 3 is 2.88 bits per heavy atom. The average Bonchev–Trinajstić information content (AvgIpc) is 2.78. The van der Waals surface area contributed by atoms with Gasteiger partial charge in [-0.05, 0) is 30.1 Å². The number of nitrogens with one attached hydrogen (secondary N) is 1. The highest BCUT2D eigenvalue weighted by molar-refractivity contribution is 7.10. The van der Waals surface area contributed by atoms with Gasteiger partial charge in [0, 0.05) is 17.0 Å². The molecule has 2 nitrogen and oxygen atoms in total. The van der Waals surface area contributed by atoms with Crippen LogP contribution in [0.15, 0.2) is 35.7 Å². The van der Waals surface area contributed by atoms with Crippen molar-refractivity contribution in [1.82, 2.24) is 5.32 Å². The van der Waals surface area contributed by atoms with Crippen LogP contribution in [-0.4, -0.2) is 14.2 Å². The Labute approximate surface area is 99.9 Å². The van der Waals surface area contributed by atoms with E-state index >= 15 is 0 Å². The summed E-state index contributed by atoms with van der Waals surface area (Å²) in [5.41, 5.74) is 2.39. The van der Waals surface area contributed by atoms with E-state index in [-0.39, 0.29) is 0 Å². The minimum atomic E-state index is 0.916. The fourth-order valence-electron chi connectivity index (χ4n) is 1.67. The zero-order chi connectivity index (χ0) is 11.4. The van der Waals surface area contributed by atoms with Crippen LogP contribution in [0.1, 0.15) is 4.88 Å². The average molecular weight is 233 g/mol. The maximum atomic E-state index is 5.36. The van der Waals surface area contributed by atoms with Crippen molar-refractivity contribution in [2.75, 3.05) is 14.2 Å². The fraction of sp³-hybridized carbons (Fsp3) is 0.231. The van der Waals surface area contributed by atoms with Gasteiger partial charge in [0.25, 0.3) is 0 Å². The van der Waals surface area contributed by atoms with Crippen molar-refractivity contribution >= 4 is 11.3 Å². The Hall–Kier alpha value is -1.32. The van der Waals surface area contributed by atoms with Crippen molar-refractivity contribution in [1.29, 1.82) is 0 Å². The number of hydrogen-bond donors (Lipinski definition) is 1. The molecular formula is C13H15NOS. The van der Waals surface area contributed by atoms with Crippen LogP contribution >= 0.6 is 11.3 Å². The highest BCUT2D eigenvalue weighted by Gasteiger charge is 2.06.